The molecular formula is C73H124N14O16. The van der Waals surface area contributed by atoms with Crippen LogP contribution in [0.5, 0.6) is 0 Å². The van der Waals surface area contributed by atoms with Crippen LogP contribution in [0.25, 0.3) is 0 Å². The van der Waals surface area contributed by atoms with Crippen LogP contribution in [0, 0.1) is 32.6 Å². The lowest BCUT2D eigenvalue weighted by molar-refractivity contribution is 0.0515. The minimum absolute atomic E-state index is 0.152. The number of carbonyl (C=O) groups excluding carboxylic acids is 6. The van der Waals surface area contributed by atoms with Crippen LogP contribution in [-0.2, 0) is 38.5 Å². The largest absolute Gasteiger partial charge is 0.389 e. The smallest absolute Gasteiger partial charge is 0.273 e. The second kappa shape index (κ2) is 45.2. The first kappa shape index (κ1) is 92.9. The van der Waals surface area contributed by atoms with E-state index in [0.717, 1.165) is 59.9 Å². The van der Waals surface area contributed by atoms with Crippen molar-refractivity contribution in [1.29, 1.82) is 0 Å². The fraction of sp³-hybridized carbons (Fsp3) is 0.671. The van der Waals surface area contributed by atoms with Crippen LogP contribution in [0.15, 0.2) is 45.3 Å². The molecule has 0 aliphatic heterocycles. The summed E-state index contributed by atoms with van der Waals surface area (Å²) in [6.45, 7) is 47.5. The highest BCUT2D eigenvalue weighted by molar-refractivity contribution is 5.95. The number of aryl methyl sites for hydroxylation is 6. The van der Waals surface area contributed by atoms with E-state index in [4.69, 9.17) is 27.1 Å². The SMILES string of the molecule is CCc1cc(C(=O)NCC(C(C)C)N(C)CC)no1.CCc1cc(C(=O)NCC(C)(C)O)no1.CCc1cc(C(=O)NCC(C)(O)CC)no1.CCc1onc(C(=O)NCC(C(C)C)N(C)CC)c1C.CCc1onc(C(=O)NCC(C)(C)O)c1C.CCc1onc(C(=O)NCC(C)(O)CC)c1C. The molecule has 0 fully saturated rings. The highest BCUT2D eigenvalue weighted by Gasteiger charge is 2.27. The Balaban J connectivity index is 0.000000620. The number of rotatable bonds is 32. The van der Waals surface area contributed by atoms with Gasteiger partial charge in [0.1, 0.15) is 34.6 Å². The minimum Gasteiger partial charge on any atom is -0.389 e. The van der Waals surface area contributed by atoms with E-state index >= 15 is 0 Å². The van der Waals surface area contributed by atoms with E-state index in [2.05, 4.69) is 128 Å². The van der Waals surface area contributed by atoms with Crippen molar-refractivity contribution in [2.75, 3.05) is 66.5 Å². The minimum atomic E-state index is -0.930. The highest BCUT2D eigenvalue weighted by atomic mass is 16.5. The molecule has 0 saturated carbocycles. The van der Waals surface area contributed by atoms with Crippen molar-refractivity contribution < 1.29 is 76.3 Å². The zero-order valence-corrected chi connectivity index (χ0v) is 66.1. The molecule has 6 aromatic rings. The van der Waals surface area contributed by atoms with Crippen LogP contribution in [0.1, 0.15) is 265 Å². The number of amides is 6. The molecule has 0 bridgehead atoms. The molecule has 4 unspecified atom stereocenters. The number of aliphatic hydroxyl groups is 4. The van der Waals surface area contributed by atoms with Gasteiger partial charge in [-0.1, -0.05) is 128 Å². The van der Waals surface area contributed by atoms with Crippen molar-refractivity contribution in [2.45, 2.75) is 245 Å². The topological polar surface area (TPSA) is 418 Å². The number of nitrogens with zero attached hydrogens (tertiary/aromatic N) is 8. The molecule has 0 aliphatic rings. The maximum Gasteiger partial charge on any atom is 0.273 e. The molecular weight excluding hydrogens is 1330 g/mol. The average molecular weight is 1450 g/mol. The molecule has 10 N–H and O–H groups in total. The fourth-order valence-electron chi connectivity index (χ4n) is 9.07. The van der Waals surface area contributed by atoms with Crippen molar-refractivity contribution in [1.82, 2.24) is 72.6 Å². The summed E-state index contributed by atoms with van der Waals surface area (Å²) < 4.78 is 30.1. The summed E-state index contributed by atoms with van der Waals surface area (Å²) in [7, 11) is 4.15. The number of carbonyl (C=O) groups is 6. The molecule has 6 heterocycles. The van der Waals surface area contributed by atoms with E-state index in [9.17, 15) is 49.2 Å². The number of hydrogen-bond acceptors (Lipinski definition) is 24. The molecule has 30 heteroatoms. The Morgan fingerprint density at radius 1 is 0.388 bits per heavy atom. The highest BCUT2D eigenvalue weighted by Crippen LogP contribution is 2.18. The van der Waals surface area contributed by atoms with Gasteiger partial charge < -0.3 is 89.3 Å². The van der Waals surface area contributed by atoms with E-state index in [1.807, 2.05) is 69.2 Å². The van der Waals surface area contributed by atoms with E-state index in [1.54, 1.807) is 66.7 Å². The summed E-state index contributed by atoms with van der Waals surface area (Å²) >= 11 is 0. The summed E-state index contributed by atoms with van der Waals surface area (Å²) in [6.07, 6.45) is 5.46. The van der Waals surface area contributed by atoms with Gasteiger partial charge in [0.25, 0.3) is 35.4 Å². The predicted octanol–water partition coefficient (Wildman–Crippen LogP) is 8.54. The fourth-order valence-corrected chi connectivity index (χ4v) is 9.07. The normalized spacial score (nSPS) is 13.0. The van der Waals surface area contributed by atoms with Gasteiger partial charge in [-0.3, -0.25) is 28.8 Å². The maximum atomic E-state index is 12.2. The second-order valence-corrected chi connectivity index (χ2v) is 27.6. The van der Waals surface area contributed by atoms with Gasteiger partial charge in [0.2, 0.25) is 0 Å². The monoisotopic (exact) mass is 1450 g/mol. The average Bonchev–Trinajstić information content (AvgIpc) is 1.73. The van der Waals surface area contributed by atoms with Gasteiger partial charge in [0.05, 0.1) is 22.4 Å². The van der Waals surface area contributed by atoms with Crippen LogP contribution in [-0.4, -0.2) is 198 Å². The quantitative estimate of drug-likeness (QED) is 0.0189. The van der Waals surface area contributed by atoms with Crippen molar-refractivity contribution >= 4 is 35.4 Å². The Morgan fingerprint density at radius 2 is 0.641 bits per heavy atom. The lowest BCUT2D eigenvalue weighted by Crippen LogP contribution is -2.45. The first-order valence-electron chi connectivity index (χ1n) is 35.8. The summed E-state index contributed by atoms with van der Waals surface area (Å²) in [5.74, 6) is 3.65. The number of hydrogen-bond donors (Lipinski definition) is 10. The zero-order valence-electron chi connectivity index (χ0n) is 66.1. The molecule has 6 aromatic heterocycles. The Bertz CT molecular complexity index is 3470. The third-order valence-electron chi connectivity index (χ3n) is 16.8. The molecule has 4 atom stereocenters. The van der Waals surface area contributed by atoms with Crippen LogP contribution in [0.4, 0.5) is 0 Å². The van der Waals surface area contributed by atoms with Crippen molar-refractivity contribution in [3.8, 4) is 0 Å². The van der Waals surface area contributed by atoms with Crippen molar-refractivity contribution in [2.24, 2.45) is 11.8 Å². The molecule has 0 aromatic carbocycles. The van der Waals surface area contributed by atoms with Gasteiger partial charge in [0, 0.05) is 125 Å². The Morgan fingerprint density at radius 3 is 0.874 bits per heavy atom. The summed E-state index contributed by atoms with van der Waals surface area (Å²) in [6, 6.07) is 5.55. The van der Waals surface area contributed by atoms with Gasteiger partial charge in [-0.25, -0.2) is 0 Å². The van der Waals surface area contributed by atoms with Crippen molar-refractivity contribution in [3.63, 3.8) is 0 Å². The molecule has 0 spiro atoms. The van der Waals surface area contributed by atoms with Gasteiger partial charge in [-0.15, -0.1) is 0 Å². The van der Waals surface area contributed by atoms with E-state index in [0.29, 0.717) is 116 Å². The molecule has 582 valence electrons. The summed E-state index contributed by atoms with van der Waals surface area (Å²) in [5, 5.41) is 77.1. The molecule has 0 radical (unpaired) electrons. The molecule has 30 nitrogen and oxygen atoms in total. The zero-order chi connectivity index (χ0) is 78.8. The molecule has 0 aliphatic carbocycles. The van der Waals surface area contributed by atoms with E-state index < -0.39 is 22.4 Å². The predicted molar refractivity (Wildman–Crippen MR) is 392 cm³/mol. The van der Waals surface area contributed by atoms with E-state index in [1.165, 1.54) is 0 Å². The Labute approximate surface area is 609 Å². The number of aromatic nitrogens is 6. The second-order valence-electron chi connectivity index (χ2n) is 27.6. The van der Waals surface area contributed by atoms with Crippen LogP contribution < -0.4 is 31.9 Å². The third-order valence-corrected chi connectivity index (χ3v) is 16.8. The van der Waals surface area contributed by atoms with Crippen LogP contribution >= 0.6 is 0 Å². The lowest BCUT2D eigenvalue weighted by atomic mass is 10.0. The Hall–Kier alpha value is -8.16. The molecule has 103 heavy (non-hydrogen) atoms. The molecule has 6 amide bonds. The molecule has 6 rings (SSSR count). The summed E-state index contributed by atoms with van der Waals surface area (Å²) in [4.78, 5) is 75.2. The van der Waals surface area contributed by atoms with Crippen molar-refractivity contribution in [3.05, 3.63) is 104 Å². The third kappa shape index (κ3) is 33.4. The Kier molecular flexibility index (Phi) is 40.7. The number of likely N-dealkylation sites (N-methyl/N-ethyl adjacent to an activating group) is 2. The standard InChI is InChI=1S/C15H27N3O2.C14H25N3O2.C12H20N2O3.2C11H18N2O3.C10H16N2O3/c1-7-13-11(5)14(17-20-13)15(19)16-9-12(10(3)4)18(6)8-2;1-6-11-8-12(16-19-11)14(18)15-9-13(10(3)4)17(5)7-2;1-5-9-8(3)10(14-17-9)11(15)13-7-12(4,16)6-2;1-5-8-7(2)9(13-16-8)10(14)12-6-11(3,4)15;1-4-8-6-9(13-16-8)10(14)12-7-11(3,15)5-2;1-4-7-5-8(12-15-7)9(13)11-6-10(2,3)14/h10,12H,7-9H2,1-6H3,(H,16,19);8,10,13H,6-7,9H2,1-5H3,(H,15,18);16H,5-7H2,1-4H3,(H,13,15);15H,5-6H2,1-4H3,(H,12,14);6,15H,4-5,7H2,1-3H3,(H,12,14);5,14H,4,6H2,1-3H3,(H,11,13). The van der Waals surface area contributed by atoms with Gasteiger partial charge >= 0.3 is 0 Å². The van der Waals surface area contributed by atoms with Gasteiger partial charge in [-0.2, -0.15) is 0 Å². The van der Waals surface area contributed by atoms with Crippen LogP contribution in [0.3, 0.4) is 0 Å². The lowest BCUT2D eigenvalue weighted by Gasteiger charge is -2.30. The first-order chi connectivity index (χ1) is 48.1. The first-order valence-corrected chi connectivity index (χ1v) is 35.8. The van der Waals surface area contributed by atoms with E-state index in [-0.39, 0.29) is 73.0 Å². The summed E-state index contributed by atoms with van der Waals surface area (Å²) in [5.41, 5.74) is 0.602. The van der Waals surface area contributed by atoms with Gasteiger partial charge in [0.15, 0.2) is 34.2 Å². The van der Waals surface area contributed by atoms with Crippen LogP contribution in [0.2, 0.25) is 0 Å². The number of nitrogens with one attached hydrogen (secondary N) is 6. The maximum absolute atomic E-state index is 12.2. The van der Waals surface area contributed by atoms with Gasteiger partial charge in [-0.05, 0) is 114 Å². The molecule has 0 saturated heterocycles.